The van der Waals surface area contributed by atoms with Crippen LogP contribution in [0.2, 0.25) is 0 Å². The molecule has 0 aliphatic carbocycles. The summed E-state index contributed by atoms with van der Waals surface area (Å²) >= 11 is 0. The van der Waals surface area contributed by atoms with E-state index in [1.807, 2.05) is 25.1 Å². The molecule has 0 atom stereocenters. The lowest BCUT2D eigenvalue weighted by molar-refractivity contribution is 0.397. The van der Waals surface area contributed by atoms with Crippen LogP contribution in [0.1, 0.15) is 11.1 Å². The smallest absolute Gasteiger partial charge is 0.213 e. The first kappa shape index (κ1) is 12.2. The largest absolute Gasteiger partial charge is 0.481 e. The van der Waals surface area contributed by atoms with E-state index in [9.17, 15) is 0 Å². The Hall–Kier alpha value is -2.30. The molecule has 0 bridgehead atoms. The van der Waals surface area contributed by atoms with E-state index in [-0.39, 0.29) is 0 Å². The maximum Gasteiger partial charge on any atom is 0.213 e. The first-order chi connectivity index (χ1) is 8.69. The second-order valence-electron chi connectivity index (χ2n) is 3.99. The maximum absolute atomic E-state index is 5.83. The molecule has 2 aromatic rings. The van der Waals surface area contributed by atoms with Crippen LogP contribution >= 0.6 is 0 Å². The van der Waals surface area contributed by atoms with Gasteiger partial charge in [-0.1, -0.05) is 0 Å². The predicted molar refractivity (Wildman–Crippen MR) is 71.5 cm³/mol. The molecule has 3 N–H and O–H groups in total. The second kappa shape index (κ2) is 5.35. The second-order valence-corrected chi connectivity index (χ2v) is 3.99. The van der Waals surface area contributed by atoms with Gasteiger partial charge in [0, 0.05) is 36.8 Å². The number of rotatable bonds is 4. The van der Waals surface area contributed by atoms with Crippen molar-refractivity contribution in [3.05, 3.63) is 41.7 Å². The first-order valence-electron chi connectivity index (χ1n) is 5.64. The van der Waals surface area contributed by atoms with Gasteiger partial charge in [0.2, 0.25) is 5.88 Å². The highest BCUT2D eigenvalue weighted by Crippen LogP contribution is 2.15. The average molecular weight is 244 g/mol. The van der Waals surface area contributed by atoms with Crippen LogP contribution in [-0.2, 0) is 6.54 Å². The summed E-state index contributed by atoms with van der Waals surface area (Å²) in [6, 6.07) is 5.63. The Bertz CT molecular complexity index is 542. The molecular formula is C13H16N4O. The van der Waals surface area contributed by atoms with Crippen LogP contribution in [0.25, 0.3) is 0 Å². The number of aromatic nitrogens is 2. The van der Waals surface area contributed by atoms with Gasteiger partial charge in [0.05, 0.1) is 7.11 Å². The summed E-state index contributed by atoms with van der Waals surface area (Å²) in [5.41, 5.74) is 8.61. The van der Waals surface area contributed by atoms with Gasteiger partial charge in [-0.3, -0.25) is 0 Å². The maximum atomic E-state index is 5.83. The van der Waals surface area contributed by atoms with Gasteiger partial charge in [0.25, 0.3) is 0 Å². The Kier molecular flexibility index (Phi) is 3.62. The lowest BCUT2D eigenvalue weighted by atomic mass is 10.2. The van der Waals surface area contributed by atoms with Crippen molar-refractivity contribution in [2.24, 2.45) is 0 Å². The van der Waals surface area contributed by atoms with Gasteiger partial charge in [0.15, 0.2) is 0 Å². The van der Waals surface area contributed by atoms with Crippen molar-refractivity contribution in [3.63, 3.8) is 0 Å². The van der Waals surface area contributed by atoms with Crippen molar-refractivity contribution < 1.29 is 4.74 Å². The minimum absolute atomic E-state index is 0.602. The summed E-state index contributed by atoms with van der Waals surface area (Å²) in [6.45, 7) is 2.58. The molecule has 2 heterocycles. The van der Waals surface area contributed by atoms with Crippen LogP contribution in [0.4, 0.5) is 11.5 Å². The number of hydrogen-bond donors (Lipinski definition) is 2. The summed E-state index contributed by atoms with van der Waals surface area (Å²) in [5.74, 6) is 1.36. The topological polar surface area (TPSA) is 73.1 Å². The number of hydrogen-bond acceptors (Lipinski definition) is 5. The molecule has 0 aromatic carbocycles. The molecule has 0 aliphatic heterocycles. The van der Waals surface area contributed by atoms with Crippen molar-refractivity contribution in [2.75, 3.05) is 18.2 Å². The quantitative estimate of drug-likeness (QED) is 0.860. The van der Waals surface area contributed by atoms with Crippen LogP contribution in [-0.4, -0.2) is 17.1 Å². The van der Waals surface area contributed by atoms with E-state index >= 15 is 0 Å². The molecule has 0 fully saturated rings. The van der Waals surface area contributed by atoms with E-state index in [2.05, 4.69) is 15.3 Å². The molecule has 0 saturated carbocycles. The van der Waals surface area contributed by atoms with Gasteiger partial charge in [-0.2, -0.15) is 0 Å². The van der Waals surface area contributed by atoms with Crippen molar-refractivity contribution in [1.29, 1.82) is 0 Å². The number of nitrogens with one attached hydrogen (secondary N) is 1. The fraction of sp³-hybridized carbons (Fsp3) is 0.231. The van der Waals surface area contributed by atoms with Crippen LogP contribution < -0.4 is 15.8 Å². The van der Waals surface area contributed by atoms with Gasteiger partial charge in [-0.05, 0) is 24.1 Å². The van der Waals surface area contributed by atoms with Crippen LogP contribution in [0.15, 0.2) is 30.6 Å². The van der Waals surface area contributed by atoms with Gasteiger partial charge >= 0.3 is 0 Å². The molecule has 18 heavy (non-hydrogen) atoms. The fourth-order valence-corrected chi connectivity index (χ4v) is 1.50. The average Bonchev–Trinajstić information content (AvgIpc) is 2.40. The molecular weight excluding hydrogens is 228 g/mol. The molecule has 0 spiro atoms. The molecule has 0 unspecified atom stereocenters. The van der Waals surface area contributed by atoms with Crippen LogP contribution in [0, 0.1) is 6.92 Å². The molecule has 0 amide bonds. The summed E-state index contributed by atoms with van der Waals surface area (Å²) in [4.78, 5) is 8.31. The Balaban J connectivity index is 2.04. The minimum atomic E-state index is 0.602. The fourth-order valence-electron chi connectivity index (χ4n) is 1.50. The summed E-state index contributed by atoms with van der Waals surface area (Å²) < 4.78 is 5.07. The minimum Gasteiger partial charge on any atom is -0.481 e. The van der Waals surface area contributed by atoms with Crippen molar-refractivity contribution in [1.82, 2.24) is 9.97 Å². The number of anilines is 2. The third-order valence-corrected chi connectivity index (χ3v) is 2.63. The van der Waals surface area contributed by atoms with Crippen molar-refractivity contribution in [3.8, 4) is 5.88 Å². The zero-order valence-electron chi connectivity index (χ0n) is 10.5. The number of pyridine rings is 2. The van der Waals surface area contributed by atoms with E-state index in [4.69, 9.17) is 10.5 Å². The number of nitrogens with two attached hydrogens (primary N) is 1. The number of nitrogen functional groups attached to an aromatic ring is 1. The number of ether oxygens (including phenoxy) is 1. The number of aryl methyl sites for hydroxylation is 1. The van der Waals surface area contributed by atoms with Crippen molar-refractivity contribution >= 4 is 11.5 Å². The zero-order chi connectivity index (χ0) is 13.0. The first-order valence-corrected chi connectivity index (χ1v) is 5.64. The molecule has 0 radical (unpaired) electrons. The third-order valence-electron chi connectivity index (χ3n) is 2.63. The van der Waals surface area contributed by atoms with Gasteiger partial charge < -0.3 is 15.8 Å². The molecule has 0 aliphatic rings. The van der Waals surface area contributed by atoms with Gasteiger partial charge in [0.1, 0.15) is 5.82 Å². The highest BCUT2D eigenvalue weighted by atomic mass is 16.5. The molecule has 5 heteroatoms. The van der Waals surface area contributed by atoms with Crippen molar-refractivity contribution in [2.45, 2.75) is 13.5 Å². The summed E-state index contributed by atoms with van der Waals surface area (Å²) in [7, 11) is 1.60. The van der Waals surface area contributed by atoms with E-state index in [1.54, 1.807) is 19.5 Å². The monoisotopic (exact) mass is 244 g/mol. The Morgan fingerprint density at radius 2 is 2.17 bits per heavy atom. The van der Waals surface area contributed by atoms with Crippen LogP contribution in [0.5, 0.6) is 5.88 Å². The Labute approximate surface area is 106 Å². The normalized spacial score (nSPS) is 10.1. The summed E-state index contributed by atoms with van der Waals surface area (Å²) in [6.07, 6.45) is 3.47. The third kappa shape index (κ3) is 2.88. The van der Waals surface area contributed by atoms with Gasteiger partial charge in [-0.15, -0.1) is 0 Å². The number of nitrogens with zero attached hydrogens (tertiary/aromatic N) is 2. The van der Waals surface area contributed by atoms with E-state index < -0.39 is 0 Å². The zero-order valence-corrected chi connectivity index (χ0v) is 10.5. The Morgan fingerprint density at radius 3 is 2.89 bits per heavy atom. The van der Waals surface area contributed by atoms with Crippen LogP contribution in [0.3, 0.4) is 0 Å². The summed E-state index contributed by atoms with van der Waals surface area (Å²) in [5, 5.41) is 3.21. The standard InChI is InChI=1S/C13H16N4O/c1-9-7-16-12(6-11(9)14)17-8-10-3-4-15-13(5-10)18-2/h3-7H,8H2,1-2H3,(H3,14,16,17). The molecule has 2 rings (SSSR count). The molecule has 94 valence electrons. The SMILES string of the molecule is COc1cc(CNc2cc(N)c(C)cn2)ccn1. The lowest BCUT2D eigenvalue weighted by Gasteiger charge is -2.08. The van der Waals surface area contributed by atoms with E-state index in [0.29, 0.717) is 12.4 Å². The van der Waals surface area contributed by atoms with E-state index in [1.165, 1.54) is 0 Å². The number of methoxy groups -OCH3 is 1. The molecule has 0 saturated heterocycles. The highest BCUT2D eigenvalue weighted by molar-refractivity contribution is 5.53. The highest BCUT2D eigenvalue weighted by Gasteiger charge is 2.00. The molecule has 5 nitrogen and oxygen atoms in total. The lowest BCUT2D eigenvalue weighted by Crippen LogP contribution is -2.03. The Morgan fingerprint density at radius 1 is 1.33 bits per heavy atom. The van der Waals surface area contributed by atoms with E-state index in [0.717, 1.165) is 22.6 Å². The molecule has 2 aromatic heterocycles. The van der Waals surface area contributed by atoms with Gasteiger partial charge in [-0.25, -0.2) is 9.97 Å². The predicted octanol–water partition coefficient (Wildman–Crippen LogP) is 1.99.